The first kappa shape index (κ1) is 19.6. The molecule has 1 aliphatic heterocycles. The van der Waals surface area contributed by atoms with Crippen LogP contribution in [0.1, 0.15) is 32.6 Å². The lowest BCUT2D eigenvalue weighted by molar-refractivity contribution is -0.127. The van der Waals surface area contributed by atoms with Crippen LogP contribution in [0.25, 0.3) is 0 Å². The standard InChI is InChI=1S/C18H26ClN3O3S/c1-14(18(23)20-15-6-2-3-7-15)21-10-12-22(13-11-21)26(24,25)17-9-5-4-8-16(17)19/h4-5,8-9,14-15H,2-3,6-7,10-13H2,1H3,(H,20,23). The Morgan fingerprint density at radius 3 is 2.38 bits per heavy atom. The summed E-state index contributed by atoms with van der Waals surface area (Å²) in [6.07, 6.45) is 4.47. The van der Waals surface area contributed by atoms with Gasteiger partial charge in [-0.05, 0) is 31.9 Å². The average molecular weight is 400 g/mol. The molecule has 144 valence electrons. The zero-order chi connectivity index (χ0) is 18.7. The number of amides is 1. The Bertz CT molecular complexity index is 742. The summed E-state index contributed by atoms with van der Waals surface area (Å²) in [7, 11) is -3.61. The van der Waals surface area contributed by atoms with E-state index < -0.39 is 10.0 Å². The van der Waals surface area contributed by atoms with E-state index in [1.54, 1.807) is 18.2 Å². The Kier molecular flexibility index (Phi) is 6.22. The van der Waals surface area contributed by atoms with E-state index in [4.69, 9.17) is 11.6 Å². The van der Waals surface area contributed by atoms with E-state index in [0.29, 0.717) is 32.2 Å². The third kappa shape index (κ3) is 4.22. The van der Waals surface area contributed by atoms with Crippen LogP contribution in [0.2, 0.25) is 5.02 Å². The fourth-order valence-corrected chi connectivity index (χ4v) is 5.60. The second-order valence-corrected chi connectivity index (χ2v) is 9.35. The first-order valence-corrected chi connectivity index (χ1v) is 11.0. The molecule has 1 aliphatic carbocycles. The second-order valence-electron chi connectivity index (χ2n) is 7.04. The zero-order valence-electron chi connectivity index (χ0n) is 15.0. The number of hydrogen-bond acceptors (Lipinski definition) is 4. The molecule has 6 nitrogen and oxygen atoms in total. The van der Waals surface area contributed by atoms with Gasteiger partial charge in [-0.1, -0.05) is 36.6 Å². The first-order valence-electron chi connectivity index (χ1n) is 9.18. The summed E-state index contributed by atoms with van der Waals surface area (Å²) >= 11 is 6.06. The van der Waals surface area contributed by atoms with Gasteiger partial charge in [-0.2, -0.15) is 4.31 Å². The van der Waals surface area contributed by atoms with Crippen LogP contribution in [0, 0.1) is 0 Å². The van der Waals surface area contributed by atoms with Crippen molar-refractivity contribution in [2.75, 3.05) is 26.2 Å². The minimum atomic E-state index is -3.61. The van der Waals surface area contributed by atoms with Crippen LogP contribution in [-0.2, 0) is 14.8 Å². The molecule has 1 heterocycles. The van der Waals surface area contributed by atoms with E-state index >= 15 is 0 Å². The summed E-state index contributed by atoms with van der Waals surface area (Å²) in [5, 5.41) is 3.36. The SMILES string of the molecule is CC(C(=O)NC1CCCC1)N1CCN(S(=O)(=O)c2ccccc2Cl)CC1. The van der Waals surface area contributed by atoms with Crippen LogP contribution in [-0.4, -0.2) is 61.8 Å². The molecule has 3 rings (SSSR count). The van der Waals surface area contributed by atoms with Gasteiger partial charge in [-0.3, -0.25) is 9.69 Å². The Morgan fingerprint density at radius 1 is 1.15 bits per heavy atom. The highest BCUT2D eigenvalue weighted by Crippen LogP contribution is 2.25. The molecule has 1 unspecified atom stereocenters. The van der Waals surface area contributed by atoms with Crippen LogP contribution < -0.4 is 5.32 Å². The molecule has 0 bridgehead atoms. The number of nitrogens with zero attached hydrogens (tertiary/aromatic N) is 2. The summed E-state index contributed by atoms with van der Waals surface area (Å²) in [5.41, 5.74) is 0. The van der Waals surface area contributed by atoms with E-state index in [1.165, 1.54) is 23.2 Å². The number of rotatable bonds is 5. The topological polar surface area (TPSA) is 69.7 Å². The predicted molar refractivity (Wildman–Crippen MR) is 102 cm³/mol. The number of benzene rings is 1. The van der Waals surface area contributed by atoms with Crippen LogP contribution >= 0.6 is 11.6 Å². The fraction of sp³-hybridized carbons (Fsp3) is 0.611. The van der Waals surface area contributed by atoms with E-state index in [9.17, 15) is 13.2 Å². The van der Waals surface area contributed by atoms with Crippen LogP contribution in [0.5, 0.6) is 0 Å². The number of hydrogen-bond donors (Lipinski definition) is 1. The van der Waals surface area contributed by atoms with E-state index in [1.807, 2.05) is 11.8 Å². The van der Waals surface area contributed by atoms with Crippen molar-refractivity contribution in [1.82, 2.24) is 14.5 Å². The highest BCUT2D eigenvalue weighted by Gasteiger charge is 2.33. The van der Waals surface area contributed by atoms with Gasteiger partial charge in [0.15, 0.2) is 0 Å². The van der Waals surface area contributed by atoms with Crippen LogP contribution in [0.15, 0.2) is 29.2 Å². The van der Waals surface area contributed by atoms with Crippen molar-refractivity contribution in [3.63, 3.8) is 0 Å². The third-order valence-electron chi connectivity index (χ3n) is 5.36. The van der Waals surface area contributed by atoms with Gasteiger partial charge in [0, 0.05) is 32.2 Å². The molecular formula is C18H26ClN3O3S. The van der Waals surface area contributed by atoms with Crippen molar-refractivity contribution in [3.05, 3.63) is 29.3 Å². The molecule has 1 atom stereocenters. The molecule has 1 saturated carbocycles. The molecule has 1 N–H and O–H groups in total. The first-order chi connectivity index (χ1) is 12.4. The van der Waals surface area contributed by atoms with Crippen molar-refractivity contribution in [3.8, 4) is 0 Å². The summed E-state index contributed by atoms with van der Waals surface area (Å²) in [5.74, 6) is 0.0410. The maximum absolute atomic E-state index is 12.8. The second kappa shape index (κ2) is 8.25. The summed E-state index contributed by atoms with van der Waals surface area (Å²) in [6.45, 7) is 3.66. The minimum Gasteiger partial charge on any atom is -0.352 e. The van der Waals surface area contributed by atoms with Crippen molar-refractivity contribution < 1.29 is 13.2 Å². The predicted octanol–water partition coefficient (Wildman–Crippen LogP) is 2.09. The Labute approximate surface area is 160 Å². The normalized spacial score (nSPS) is 21.6. The molecule has 1 amide bonds. The van der Waals surface area contributed by atoms with Gasteiger partial charge >= 0.3 is 0 Å². The highest BCUT2D eigenvalue weighted by molar-refractivity contribution is 7.89. The molecule has 1 aromatic rings. The van der Waals surface area contributed by atoms with E-state index in [-0.39, 0.29) is 21.9 Å². The van der Waals surface area contributed by atoms with Crippen LogP contribution in [0.3, 0.4) is 0 Å². The van der Waals surface area contributed by atoms with Gasteiger partial charge in [0.2, 0.25) is 15.9 Å². The minimum absolute atomic E-state index is 0.0410. The Hall–Kier alpha value is -1.15. The lowest BCUT2D eigenvalue weighted by atomic mass is 10.2. The Balaban J connectivity index is 1.58. The van der Waals surface area contributed by atoms with Gasteiger partial charge in [0.1, 0.15) is 4.90 Å². The monoisotopic (exact) mass is 399 g/mol. The van der Waals surface area contributed by atoms with E-state index in [0.717, 1.165) is 12.8 Å². The van der Waals surface area contributed by atoms with Crippen molar-refractivity contribution in [2.45, 2.75) is 49.6 Å². The molecule has 26 heavy (non-hydrogen) atoms. The summed E-state index contributed by atoms with van der Waals surface area (Å²) in [6, 6.07) is 6.54. The lowest BCUT2D eigenvalue weighted by Crippen LogP contribution is -2.55. The smallest absolute Gasteiger partial charge is 0.244 e. The number of piperazine rings is 1. The number of sulfonamides is 1. The Morgan fingerprint density at radius 2 is 1.77 bits per heavy atom. The third-order valence-corrected chi connectivity index (χ3v) is 7.75. The van der Waals surface area contributed by atoms with Gasteiger partial charge < -0.3 is 5.32 Å². The van der Waals surface area contributed by atoms with Gasteiger partial charge in [-0.15, -0.1) is 0 Å². The number of nitrogens with one attached hydrogen (secondary N) is 1. The number of carbonyl (C=O) groups excluding carboxylic acids is 1. The van der Waals surface area contributed by atoms with Gasteiger partial charge in [0.25, 0.3) is 0 Å². The molecular weight excluding hydrogens is 374 g/mol. The van der Waals surface area contributed by atoms with Crippen molar-refractivity contribution >= 4 is 27.5 Å². The van der Waals surface area contributed by atoms with Crippen molar-refractivity contribution in [2.24, 2.45) is 0 Å². The number of halogens is 1. The van der Waals surface area contributed by atoms with Crippen LogP contribution in [0.4, 0.5) is 0 Å². The summed E-state index contributed by atoms with van der Waals surface area (Å²) < 4.78 is 27.0. The molecule has 2 aliphatic rings. The maximum Gasteiger partial charge on any atom is 0.244 e. The number of carbonyl (C=O) groups is 1. The van der Waals surface area contributed by atoms with E-state index in [2.05, 4.69) is 5.32 Å². The summed E-state index contributed by atoms with van der Waals surface area (Å²) in [4.78, 5) is 14.6. The highest BCUT2D eigenvalue weighted by atomic mass is 35.5. The lowest BCUT2D eigenvalue weighted by Gasteiger charge is -2.37. The fourth-order valence-electron chi connectivity index (χ4n) is 3.68. The maximum atomic E-state index is 12.8. The zero-order valence-corrected chi connectivity index (χ0v) is 16.6. The average Bonchev–Trinajstić information content (AvgIpc) is 3.14. The molecule has 8 heteroatoms. The largest absolute Gasteiger partial charge is 0.352 e. The molecule has 1 aromatic carbocycles. The quantitative estimate of drug-likeness (QED) is 0.823. The molecule has 1 saturated heterocycles. The van der Waals surface area contributed by atoms with Gasteiger partial charge in [0.05, 0.1) is 11.1 Å². The molecule has 2 fully saturated rings. The molecule has 0 spiro atoms. The van der Waals surface area contributed by atoms with Crippen molar-refractivity contribution in [1.29, 1.82) is 0 Å². The molecule has 0 aromatic heterocycles. The molecule has 0 radical (unpaired) electrons. The van der Waals surface area contributed by atoms with Gasteiger partial charge in [-0.25, -0.2) is 8.42 Å².